The first-order valence-corrected chi connectivity index (χ1v) is 8.32. The van der Waals surface area contributed by atoms with Crippen molar-refractivity contribution in [1.29, 1.82) is 0 Å². The summed E-state index contributed by atoms with van der Waals surface area (Å²) in [4.78, 5) is 2.30. The van der Waals surface area contributed by atoms with Crippen LogP contribution < -0.4 is 0 Å². The Labute approximate surface area is 145 Å². The molecule has 124 valence electrons. The molecule has 3 aromatic rings. The lowest BCUT2D eigenvalue weighted by molar-refractivity contribution is 0.0484. The molecule has 1 saturated heterocycles. The Bertz CT molecular complexity index is 852. The van der Waals surface area contributed by atoms with E-state index in [4.69, 9.17) is 16.0 Å². The number of halogens is 1. The summed E-state index contributed by atoms with van der Waals surface area (Å²) in [5, 5.41) is 13.4. The number of hydrogen-bond acceptors (Lipinski definition) is 5. The van der Waals surface area contributed by atoms with E-state index in [1.807, 2.05) is 35.1 Å². The average molecular weight is 344 g/mol. The minimum Gasteiger partial charge on any atom is -0.419 e. The Kier molecular flexibility index (Phi) is 3.86. The first kappa shape index (κ1) is 15.4. The van der Waals surface area contributed by atoms with Gasteiger partial charge in [-0.05, 0) is 37.6 Å². The summed E-state index contributed by atoms with van der Waals surface area (Å²) in [6, 6.07) is 7.92. The molecule has 0 N–H and O–H groups in total. The van der Waals surface area contributed by atoms with Gasteiger partial charge in [-0.3, -0.25) is 9.58 Å². The van der Waals surface area contributed by atoms with E-state index in [1.54, 1.807) is 0 Å². The first-order valence-electron chi connectivity index (χ1n) is 7.94. The molecule has 7 heteroatoms. The van der Waals surface area contributed by atoms with E-state index in [9.17, 15) is 0 Å². The number of likely N-dealkylation sites (tertiary alicyclic amines) is 1. The molecular weight excluding hydrogens is 326 g/mol. The molecule has 0 unspecified atom stereocenters. The topological polar surface area (TPSA) is 60.0 Å². The number of aryl methyl sites for hydroxylation is 1. The van der Waals surface area contributed by atoms with Gasteiger partial charge in [0.15, 0.2) is 0 Å². The third kappa shape index (κ3) is 2.83. The maximum atomic E-state index is 6.02. The molecule has 1 atom stereocenters. The summed E-state index contributed by atoms with van der Waals surface area (Å²) in [5.41, 5.74) is 2.02. The van der Waals surface area contributed by atoms with Crippen LogP contribution in [-0.2, 0) is 0 Å². The maximum absolute atomic E-state index is 6.02. The fraction of sp³-hybridized carbons (Fsp3) is 0.353. The third-order valence-electron chi connectivity index (χ3n) is 4.41. The smallest absolute Gasteiger partial charge is 0.247 e. The van der Waals surface area contributed by atoms with Crippen molar-refractivity contribution in [2.45, 2.75) is 25.9 Å². The van der Waals surface area contributed by atoms with Gasteiger partial charge in [-0.1, -0.05) is 17.7 Å². The van der Waals surface area contributed by atoms with Crippen molar-refractivity contribution in [3.8, 4) is 11.5 Å². The zero-order valence-electron chi connectivity index (χ0n) is 13.6. The van der Waals surface area contributed by atoms with E-state index in [1.165, 1.54) is 5.56 Å². The van der Waals surface area contributed by atoms with Gasteiger partial charge in [0.2, 0.25) is 11.8 Å². The zero-order chi connectivity index (χ0) is 16.7. The summed E-state index contributed by atoms with van der Waals surface area (Å²) in [5.74, 6) is 1.12. The Morgan fingerprint density at radius 1 is 1.29 bits per heavy atom. The molecule has 1 aromatic carbocycles. The van der Waals surface area contributed by atoms with Crippen molar-refractivity contribution in [3.05, 3.63) is 53.1 Å². The first-order chi connectivity index (χ1) is 11.6. The minimum atomic E-state index is 0.0818. The summed E-state index contributed by atoms with van der Waals surface area (Å²) in [7, 11) is 0. The summed E-state index contributed by atoms with van der Waals surface area (Å²) in [6.07, 6.45) is 3.97. The monoisotopic (exact) mass is 343 g/mol. The molecular formula is C17H18ClN5O. The highest BCUT2D eigenvalue weighted by atomic mass is 35.5. The van der Waals surface area contributed by atoms with Crippen molar-refractivity contribution in [3.63, 3.8) is 0 Å². The average Bonchev–Trinajstić information content (AvgIpc) is 3.15. The van der Waals surface area contributed by atoms with Gasteiger partial charge < -0.3 is 4.42 Å². The highest BCUT2D eigenvalue weighted by Gasteiger charge is 2.34. The van der Waals surface area contributed by atoms with E-state index >= 15 is 0 Å². The van der Waals surface area contributed by atoms with Crippen LogP contribution in [0.15, 0.2) is 41.1 Å². The molecule has 0 amide bonds. The Morgan fingerprint density at radius 2 is 2.12 bits per heavy atom. The van der Waals surface area contributed by atoms with E-state index < -0.39 is 0 Å². The van der Waals surface area contributed by atoms with Crippen LogP contribution in [0.2, 0.25) is 5.02 Å². The summed E-state index contributed by atoms with van der Waals surface area (Å²) < 4.78 is 7.87. The van der Waals surface area contributed by atoms with E-state index in [2.05, 4.69) is 40.2 Å². The second kappa shape index (κ2) is 6.03. The number of aromatic nitrogens is 4. The molecule has 24 heavy (non-hydrogen) atoms. The summed E-state index contributed by atoms with van der Waals surface area (Å²) >= 11 is 6.02. The second-order valence-corrected chi connectivity index (χ2v) is 6.67. The van der Waals surface area contributed by atoms with Gasteiger partial charge in [-0.15, -0.1) is 10.2 Å². The molecule has 0 spiro atoms. The lowest BCUT2D eigenvalue weighted by Crippen LogP contribution is -2.48. The lowest BCUT2D eigenvalue weighted by Gasteiger charge is -2.41. The van der Waals surface area contributed by atoms with Crippen LogP contribution in [0.1, 0.15) is 30.5 Å². The highest BCUT2D eigenvalue weighted by Crippen LogP contribution is 2.31. The second-order valence-electron chi connectivity index (χ2n) is 6.24. The Balaban J connectivity index is 1.44. The van der Waals surface area contributed by atoms with Crippen molar-refractivity contribution in [1.82, 2.24) is 24.9 Å². The van der Waals surface area contributed by atoms with Gasteiger partial charge in [0.05, 0.1) is 18.3 Å². The van der Waals surface area contributed by atoms with Crippen LogP contribution >= 0.6 is 11.6 Å². The lowest BCUT2D eigenvalue weighted by atomic mass is 10.1. The van der Waals surface area contributed by atoms with Gasteiger partial charge in [0.1, 0.15) is 0 Å². The quantitative estimate of drug-likeness (QED) is 0.725. The number of nitrogens with zero attached hydrogens (tertiary/aromatic N) is 5. The Hall–Kier alpha value is -2.18. The predicted octanol–water partition coefficient (Wildman–Crippen LogP) is 3.51. The van der Waals surface area contributed by atoms with Gasteiger partial charge in [0, 0.05) is 29.9 Å². The number of rotatable bonds is 4. The van der Waals surface area contributed by atoms with Crippen LogP contribution in [-0.4, -0.2) is 38.0 Å². The Morgan fingerprint density at radius 3 is 2.83 bits per heavy atom. The van der Waals surface area contributed by atoms with Crippen LogP contribution in [0, 0.1) is 6.92 Å². The third-order valence-corrected chi connectivity index (χ3v) is 4.65. The normalized spacial score (nSPS) is 17.0. The van der Waals surface area contributed by atoms with Crippen LogP contribution in [0.3, 0.4) is 0 Å². The standard InChI is InChI=1S/C17H18ClN5O/c1-11-7-19-23(8-11)15-9-22(10-15)12(2)16-20-21-17(24-16)13-4-3-5-14(18)6-13/h3-8,12,15H,9-10H2,1-2H3/t12-/m1/s1. The molecule has 0 aliphatic carbocycles. The van der Waals surface area contributed by atoms with Crippen molar-refractivity contribution in [2.75, 3.05) is 13.1 Å². The van der Waals surface area contributed by atoms with Gasteiger partial charge in [-0.25, -0.2) is 0 Å². The van der Waals surface area contributed by atoms with Crippen LogP contribution in [0.5, 0.6) is 0 Å². The van der Waals surface area contributed by atoms with E-state index in [0.717, 1.165) is 18.7 Å². The SMILES string of the molecule is Cc1cnn(C2CN([C@H](C)c3nnc(-c4cccc(Cl)c4)o3)C2)c1. The van der Waals surface area contributed by atoms with Crippen molar-refractivity contribution < 1.29 is 4.42 Å². The molecule has 3 heterocycles. The number of benzene rings is 1. The van der Waals surface area contributed by atoms with Gasteiger partial charge >= 0.3 is 0 Å². The van der Waals surface area contributed by atoms with Crippen LogP contribution in [0.25, 0.3) is 11.5 Å². The molecule has 4 rings (SSSR count). The minimum absolute atomic E-state index is 0.0818. The maximum Gasteiger partial charge on any atom is 0.247 e. The van der Waals surface area contributed by atoms with Gasteiger partial charge in [0.25, 0.3) is 0 Å². The molecule has 1 fully saturated rings. The highest BCUT2D eigenvalue weighted by molar-refractivity contribution is 6.30. The molecule has 1 aliphatic heterocycles. The molecule has 1 aliphatic rings. The molecule has 0 saturated carbocycles. The van der Waals surface area contributed by atoms with Crippen molar-refractivity contribution in [2.24, 2.45) is 0 Å². The van der Waals surface area contributed by atoms with Crippen molar-refractivity contribution >= 4 is 11.6 Å². The largest absolute Gasteiger partial charge is 0.419 e. The fourth-order valence-corrected chi connectivity index (χ4v) is 3.09. The van der Waals surface area contributed by atoms with E-state index in [-0.39, 0.29) is 6.04 Å². The van der Waals surface area contributed by atoms with Gasteiger partial charge in [-0.2, -0.15) is 5.10 Å². The summed E-state index contributed by atoms with van der Waals surface area (Å²) in [6.45, 7) is 5.99. The molecule has 2 aromatic heterocycles. The molecule has 0 bridgehead atoms. The van der Waals surface area contributed by atoms with Crippen LogP contribution in [0.4, 0.5) is 0 Å². The number of hydrogen-bond donors (Lipinski definition) is 0. The predicted molar refractivity (Wildman–Crippen MR) is 90.7 cm³/mol. The van der Waals surface area contributed by atoms with E-state index in [0.29, 0.717) is 22.8 Å². The molecule has 0 radical (unpaired) electrons. The molecule has 6 nitrogen and oxygen atoms in total. The fourth-order valence-electron chi connectivity index (χ4n) is 2.90. The zero-order valence-corrected chi connectivity index (χ0v) is 14.3.